The van der Waals surface area contributed by atoms with E-state index in [1.165, 1.54) is 6.07 Å². The fourth-order valence-corrected chi connectivity index (χ4v) is 2.23. The topological polar surface area (TPSA) is 47.6 Å². The second kappa shape index (κ2) is 6.88. The number of aryl methyl sites for hydroxylation is 1. The van der Waals surface area contributed by atoms with E-state index in [2.05, 4.69) is 5.32 Å². The van der Waals surface area contributed by atoms with Crippen molar-refractivity contribution in [2.75, 3.05) is 18.5 Å². The number of halogens is 3. The van der Waals surface area contributed by atoms with E-state index in [-0.39, 0.29) is 11.1 Å². The van der Waals surface area contributed by atoms with Gasteiger partial charge in [0.2, 0.25) is 6.17 Å². The average Bonchev–Trinajstić information content (AvgIpc) is 2.45. The van der Waals surface area contributed by atoms with Gasteiger partial charge in [-0.3, -0.25) is 4.79 Å². The Morgan fingerprint density at radius 2 is 1.83 bits per heavy atom. The highest BCUT2D eigenvalue weighted by molar-refractivity contribution is 5.94. The van der Waals surface area contributed by atoms with Crippen LogP contribution in [-0.2, 0) is 14.3 Å². The van der Waals surface area contributed by atoms with E-state index < -0.39 is 24.8 Å². The molecule has 23 heavy (non-hydrogen) atoms. The maximum absolute atomic E-state index is 13.0. The Balaban J connectivity index is 2.12. The minimum absolute atomic E-state index is 0.0872. The lowest BCUT2D eigenvalue weighted by molar-refractivity contribution is -0.226. The molecule has 1 unspecified atom stereocenters. The van der Waals surface area contributed by atoms with Gasteiger partial charge >= 0.3 is 0 Å². The van der Waals surface area contributed by atoms with Gasteiger partial charge in [-0.2, -0.15) is 0 Å². The van der Waals surface area contributed by atoms with Crippen LogP contribution in [0.15, 0.2) is 18.2 Å². The van der Waals surface area contributed by atoms with Crippen molar-refractivity contribution in [2.24, 2.45) is 5.41 Å². The standard InChI is InChI=1S/C16H20F3NO3/c1-9-4-10(15-22-7-16(2,3)8-23-15)6-11(5-9)20-14(21)12(17)13(18)19/h4-6,12-13,15H,7-8H2,1-3H3,(H,20,21). The molecule has 128 valence electrons. The highest BCUT2D eigenvalue weighted by Crippen LogP contribution is 2.32. The molecule has 1 amide bonds. The van der Waals surface area contributed by atoms with Crippen molar-refractivity contribution >= 4 is 11.6 Å². The summed E-state index contributed by atoms with van der Waals surface area (Å²) in [5.41, 5.74) is 1.55. The van der Waals surface area contributed by atoms with E-state index in [1.54, 1.807) is 19.1 Å². The number of rotatable bonds is 4. The normalized spacial score (nSPS) is 19.6. The van der Waals surface area contributed by atoms with E-state index >= 15 is 0 Å². The summed E-state index contributed by atoms with van der Waals surface area (Å²) in [5, 5.41) is 2.15. The van der Waals surface area contributed by atoms with E-state index in [0.717, 1.165) is 5.56 Å². The molecule has 0 radical (unpaired) electrons. The van der Waals surface area contributed by atoms with Gasteiger partial charge in [-0.15, -0.1) is 0 Å². The van der Waals surface area contributed by atoms with Gasteiger partial charge < -0.3 is 14.8 Å². The molecule has 0 saturated carbocycles. The molecule has 1 heterocycles. The SMILES string of the molecule is Cc1cc(NC(=O)C(F)C(F)F)cc(C2OCC(C)(C)CO2)c1. The van der Waals surface area contributed by atoms with Crippen molar-refractivity contribution in [3.63, 3.8) is 0 Å². The largest absolute Gasteiger partial charge is 0.348 e. The molecule has 1 atom stereocenters. The molecule has 1 saturated heterocycles. The van der Waals surface area contributed by atoms with Gasteiger partial charge in [0.15, 0.2) is 6.29 Å². The molecular weight excluding hydrogens is 311 g/mol. The number of amides is 1. The Kier molecular flexibility index (Phi) is 5.31. The number of hydrogen-bond acceptors (Lipinski definition) is 3. The first-order valence-electron chi connectivity index (χ1n) is 7.26. The molecule has 1 aliphatic rings. The van der Waals surface area contributed by atoms with Gasteiger partial charge in [-0.1, -0.05) is 19.9 Å². The third kappa shape index (κ3) is 4.68. The van der Waals surface area contributed by atoms with Crippen LogP contribution in [0.1, 0.15) is 31.3 Å². The number of nitrogens with one attached hydrogen (secondary N) is 1. The molecule has 0 aliphatic carbocycles. The Hall–Kier alpha value is -1.60. The summed E-state index contributed by atoms with van der Waals surface area (Å²) in [6.07, 6.45) is -6.82. The van der Waals surface area contributed by atoms with Gasteiger partial charge in [-0.05, 0) is 24.6 Å². The number of carbonyl (C=O) groups is 1. The van der Waals surface area contributed by atoms with Crippen LogP contribution in [-0.4, -0.2) is 31.7 Å². The molecule has 0 spiro atoms. The van der Waals surface area contributed by atoms with E-state index in [9.17, 15) is 18.0 Å². The van der Waals surface area contributed by atoms with Gasteiger partial charge in [-0.25, -0.2) is 13.2 Å². The number of benzene rings is 1. The smallest absolute Gasteiger partial charge is 0.278 e. The monoisotopic (exact) mass is 331 g/mol. The number of ether oxygens (including phenoxy) is 2. The summed E-state index contributed by atoms with van der Waals surface area (Å²) in [7, 11) is 0. The van der Waals surface area contributed by atoms with Gasteiger partial charge in [0.05, 0.1) is 13.2 Å². The van der Waals surface area contributed by atoms with E-state index in [4.69, 9.17) is 9.47 Å². The minimum Gasteiger partial charge on any atom is -0.348 e. The summed E-state index contributed by atoms with van der Waals surface area (Å²) in [6.45, 7) is 6.80. The Morgan fingerprint density at radius 1 is 1.22 bits per heavy atom. The van der Waals surface area contributed by atoms with Crippen LogP contribution < -0.4 is 5.32 Å². The van der Waals surface area contributed by atoms with Crippen LogP contribution in [0.2, 0.25) is 0 Å². The predicted molar refractivity (Wildman–Crippen MR) is 79.1 cm³/mol. The summed E-state index contributed by atoms with van der Waals surface area (Å²) in [4.78, 5) is 11.4. The average molecular weight is 331 g/mol. The zero-order valence-corrected chi connectivity index (χ0v) is 13.2. The Bertz CT molecular complexity index is 568. The molecule has 1 N–H and O–H groups in total. The van der Waals surface area contributed by atoms with Crippen LogP contribution in [0.3, 0.4) is 0 Å². The van der Waals surface area contributed by atoms with E-state index in [1.807, 2.05) is 13.8 Å². The minimum atomic E-state index is -3.36. The third-order valence-electron chi connectivity index (χ3n) is 3.36. The summed E-state index contributed by atoms with van der Waals surface area (Å²) in [6, 6.07) is 4.90. The lowest BCUT2D eigenvalue weighted by Crippen LogP contribution is -2.34. The second-order valence-corrected chi connectivity index (χ2v) is 6.48. The molecule has 2 rings (SSSR count). The van der Waals surface area contributed by atoms with Gasteiger partial charge in [0.25, 0.3) is 12.3 Å². The number of anilines is 1. The summed E-state index contributed by atoms with van der Waals surface area (Å²) in [5.74, 6) is -1.37. The second-order valence-electron chi connectivity index (χ2n) is 6.48. The van der Waals surface area contributed by atoms with Crippen molar-refractivity contribution in [3.05, 3.63) is 29.3 Å². The lowest BCUT2D eigenvalue weighted by atomic mass is 9.95. The molecular formula is C16H20F3NO3. The van der Waals surface area contributed by atoms with Crippen LogP contribution >= 0.6 is 0 Å². The molecule has 0 aromatic heterocycles. The predicted octanol–water partition coefficient (Wildman–Crippen LogP) is 3.61. The fourth-order valence-electron chi connectivity index (χ4n) is 2.23. The number of alkyl halides is 3. The number of hydrogen-bond donors (Lipinski definition) is 1. The number of carbonyl (C=O) groups excluding carboxylic acids is 1. The molecule has 1 aromatic carbocycles. The zero-order chi connectivity index (χ0) is 17.2. The molecule has 4 nitrogen and oxygen atoms in total. The quantitative estimate of drug-likeness (QED) is 0.917. The molecule has 1 fully saturated rings. The van der Waals surface area contributed by atoms with Crippen LogP contribution in [0, 0.1) is 12.3 Å². The summed E-state index contributed by atoms with van der Waals surface area (Å²) >= 11 is 0. The zero-order valence-electron chi connectivity index (χ0n) is 13.2. The lowest BCUT2D eigenvalue weighted by Gasteiger charge is -2.34. The maximum atomic E-state index is 13.0. The highest BCUT2D eigenvalue weighted by atomic mass is 19.3. The van der Waals surface area contributed by atoms with Crippen LogP contribution in [0.4, 0.5) is 18.9 Å². The van der Waals surface area contributed by atoms with Crippen LogP contribution in [0.5, 0.6) is 0 Å². The van der Waals surface area contributed by atoms with Gasteiger partial charge in [0.1, 0.15) is 0 Å². The fraction of sp³-hybridized carbons (Fsp3) is 0.562. The molecule has 1 aliphatic heterocycles. The summed E-state index contributed by atoms with van der Waals surface area (Å²) < 4.78 is 48.8. The molecule has 0 bridgehead atoms. The van der Waals surface area contributed by atoms with E-state index in [0.29, 0.717) is 18.8 Å². The van der Waals surface area contributed by atoms with Crippen LogP contribution in [0.25, 0.3) is 0 Å². The third-order valence-corrected chi connectivity index (χ3v) is 3.36. The van der Waals surface area contributed by atoms with Crippen molar-refractivity contribution in [1.29, 1.82) is 0 Å². The van der Waals surface area contributed by atoms with Crippen molar-refractivity contribution in [2.45, 2.75) is 39.7 Å². The van der Waals surface area contributed by atoms with Crippen molar-refractivity contribution in [3.8, 4) is 0 Å². The maximum Gasteiger partial charge on any atom is 0.278 e. The first-order chi connectivity index (χ1) is 10.7. The Morgan fingerprint density at radius 3 is 2.39 bits per heavy atom. The Labute approximate surface area is 133 Å². The van der Waals surface area contributed by atoms with Crippen molar-refractivity contribution in [1.82, 2.24) is 0 Å². The first-order valence-corrected chi connectivity index (χ1v) is 7.26. The first kappa shape index (κ1) is 17.7. The molecule has 1 aromatic rings. The van der Waals surface area contributed by atoms with Crippen molar-refractivity contribution < 1.29 is 27.4 Å². The molecule has 7 heteroatoms. The van der Waals surface area contributed by atoms with Gasteiger partial charge in [0, 0.05) is 16.7 Å². The highest BCUT2D eigenvalue weighted by Gasteiger charge is 2.30.